The second-order valence-electron chi connectivity index (χ2n) is 10.8. The number of carboxylic acids is 1. The molecule has 0 radical (unpaired) electrons. The Morgan fingerprint density at radius 3 is 2.58 bits per heavy atom. The molecule has 1 saturated carbocycles. The maximum absolute atomic E-state index is 12.0. The largest absolute Gasteiger partial charge is 0.481 e. The van der Waals surface area contributed by atoms with Crippen molar-refractivity contribution in [1.29, 1.82) is 0 Å². The Hall–Kier alpha value is -2.72. The van der Waals surface area contributed by atoms with Crippen molar-refractivity contribution in [3.63, 3.8) is 0 Å². The number of carbonyl (C=O) groups excluding carboxylic acids is 1. The molecule has 1 aliphatic carbocycles. The first-order valence-corrected chi connectivity index (χ1v) is 14.9. The van der Waals surface area contributed by atoms with Crippen LogP contribution in [0.2, 0.25) is 0 Å². The van der Waals surface area contributed by atoms with Crippen LogP contribution < -0.4 is 4.57 Å². The van der Waals surface area contributed by atoms with E-state index in [0.29, 0.717) is 37.8 Å². The molecule has 1 aromatic heterocycles. The maximum Gasteiger partial charge on any atom is 0.343 e. The molecule has 38 heavy (non-hydrogen) atoms. The Balaban J connectivity index is 1.88. The summed E-state index contributed by atoms with van der Waals surface area (Å²) in [5, 5.41) is 8.20. The molecule has 210 valence electrons. The number of aromatic nitrogens is 1. The number of carbonyl (C=O) groups is 2. The van der Waals surface area contributed by atoms with Gasteiger partial charge in [0.1, 0.15) is 12.1 Å². The summed E-state index contributed by atoms with van der Waals surface area (Å²) in [5.41, 5.74) is 2.21. The summed E-state index contributed by atoms with van der Waals surface area (Å²) in [4.78, 5) is 25.2. The number of methoxy groups -OCH3 is 1. The number of fused-ring (bicyclic) bond motifs is 1. The van der Waals surface area contributed by atoms with Crippen LogP contribution in [0.5, 0.6) is 0 Å². The number of hydrogen-bond acceptors (Lipinski definition) is 6. The van der Waals surface area contributed by atoms with Crippen molar-refractivity contribution >= 4 is 28.1 Å². The second kappa shape index (κ2) is 12.4. The number of unbranched alkanes of at least 4 members (excludes halogenated alkanes) is 2. The Kier molecular flexibility index (Phi) is 9.75. The fourth-order valence-corrected chi connectivity index (χ4v) is 6.95. The van der Waals surface area contributed by atoms with E-state index in [1.54, 1.807) is 12.3 Å². The lowest BCUT2D eigenvalue weighted by atomic mass is 9.71. The molecular formula is C28H41N2O7S+. The fourth-order valence-electron chi connectivity index (χ4n) is 6.06. The fraction of sp³-hybridized carbons (Fsp3) is 0.607. The van der Waals surface area contributed by atoms with Gasteiger partial charge in [-0.05, 0) is 57.1 Å². The number of carboxylic acid groups (broad SMARTS) is 1. The number of nitrogens with zero attached hydrogens (tertiary/aromatic N) is 2. The van der Waals surface area contributed by atoms with E-state index in [-0.39, 0.29) is 29.8 Å². The summed E-state index contributed by atoms with van der Waals surface area (Å²) in [7, 11) is -2.74. The zero-order chi connectivity index (χ0) is 28.1. The van der Waals surface area contributed by atoms with E-state index in [1.165, 1.54) is 7.11 Å². The molecule has 0 amide bonds. The Morgan fingerprint density at radius 2 is 1.95 bits per heavy atom. The van der Waals surface area contributed by atoms with Gasteiger partial charge in [0.15, 0.2) is 6.20 Å². The number of ether oxygens (including phenoxy) is 1. The van der Waals surface area contributed by atoms with Crippen molar-refractivity contribution in [2.75, 3.05) is 13.7 Å². The van der Waals surface area contributed by atoms with Gasteiger partial charge >= 0.3 is 11.9 Å². The molecule has 2 aliphatic rings. The summed E-state index contributed by atoms with van der Waals surface area (Å²) < 4.78 is 40.5. The summed E-state index contributed by atoms with van der Waals surface area (Å²) in [6.07, 6.45) is 11.8. The minimum Gasteiger partial charge on any atom is -0.481 e. The van der Waals surface area contributed by atoms with Crippen LogP contribution in [0.1, 0.15) is 81.8 Å². The number of pyridine rings is 1. The lowest BCUT2D eigenvalue weighted by molar-refractivity contribution is -0.695. The summed E-state index contributed by atoms with van der Waals surface area (Å²) >= 11 is 0. The van der Waals surface area contributed by atoms with Gasteiger partial charge in [0.2, 0.25) is 5.69 Å². The Bertz CT molecular complexity index is 1190. The molecule has 3 rings (SSSR count). The molecule has 0 spiro atoms. The summed E-state index contributed by atoms with van der Waals surface area (Å²) in [6.45, 7) is 7.72. The molecule has 1 aliphatic heterocycles. The molecule has 9 nitrogen and oxygen atoms in total. The molecule has 10 heteroatoms. The van der Waals surface area contributed by atoms with Crippen LogP contribution >= 0.6 is 0 Å². The van der Waals surface area contributed by atoms with Crippen LogP contribution in [-0.2, 0) is 26.2 Å². The van der Waals surface area contributed by atoms with E-state index in [0.717, 1.165) is 30.8 Å². The van der Waals surface area contributed by atoms with Crippen molar-refractivity contribution in [1.82, 2.24) is 4.90 Å². The number of likely N-dealkylation sites (tertiary alicyclic amines) is 1. The number of rotatable bonds is 11. The van der Waals surface area contributed by atoms with E-state index >= 15 is 0 Å². The molecule has 1 aromatic rings. The van der Waals surface area contributed by atoms with Crippen molar-refractivity contribution in [2.24, 2.45) is 11.3 Å². The van der Waals surface area contributed by atoms with Crippen molar-refractivity contribution in [3.05, 3.63) is 47.4 Å². The van der Waals surface area contributed by atoms with Gasteiger partial charge in [-0.25, -0.2) is 4.79 Å². The predicted octanol–water partition coefficient (Wildman–Crippen LogP) is 4.09. The average molecular weight is 550 g/mol. The van der Waals surface area contributed by atoms with Crippen molar-refractivity contribution in [3.8, 4) is 0 Å². The third-order valence-corrected chi connectivity index (χ3v) is 9.39. The van der Waals surface area contributed by atoms with Gasteiger partial charge in [0.05, 0.1) is 12.4 Å². The summed E-state index contributed by atoms with van der Waals surface area (Å²) in [6, 6.07) is 3.78. The van der Waals surface area contributed by atoms with Crippen LogP contribution in [0.25, 0.3) is 6.08 Å². The minimum absolute atomic E-state index is 0.0711. The standard InChI is InChI=1S/C28H40N2O7S/c1-5-29-19-20(27(33)37-4)13-14-21(29)10-9-11-25-28(2,3)23-18-22(38(34,35)36)15-16-24(23)30(25)17-8-6-7-12-26(31)32/h9-11,13-14,19,22-24H,5-8,12,15-18H2,1-4H3,(H-,31,32,34,35,36)/p+1. The zero-order valence-corrected chi connectivity index (χ0v) is 23.6. The van der Waals surface area contributed by atoms with Crippen molar-refractivity contribution < 1.29 is 37.0 Å². The van der Waals surface area contributed by atoms with Crippen LogP contribution in [0.4, 0.5) is 0 Å². The van der Waals surface area contributed by atoms with Gasteiger partial charge in [0.25, 0.3) is 10.1 Å². The van der Waals surface area contributed by atoms with Gasteiger partial charge in [-0.1, -0.05) is 26.3 Å². The normalized spacial score (nSPS) is 24.1. The number of hydrogen-bond donors (Lipinski definition) is 2. The monoisotopic (exact) mass is 549 g/mol. The maximum atomic E-state index is 12.0. The van der Waals surface area contributed by atoms with Gasteiger partial charge in [-0.3, -0.25) is 9.35 Å². The van der Waals surface area contributed by atoms with Crippen LogP contribution in [0.15, 0.2) is 36.2 Å². The number of allylic oxidation sites excluding steroid dienone is 3. The zero-order valence-electron chi connectivity index (χ0n) is 22.8. The lowest BCUT2D eigenvalue weighted by Gasteiger charge is -2.37. The molecule has 3 unspecified atom stereocenters. The summed E-state index contributed by atoms with van der Waals surface area (Å²) in [5.74, 6) is -1.10. The van der Waals surface area contributed by atoms with Crippen LogP contribution in [0.3, 0.4) is 0 Å². The highest BCUT2D eigenvalue weighted by Crippen LogP contribution is 2.54. The number of esters is 1. The Labute approximate surface area is 225 Å². The third kappa shape index (κ3) is 6.83. The van der Waals surface area contributed by atoms with E-state index in [1.807, 2.05) is 29.7 Å². The smallest absolute Gasteiger partial charge is 0.343 e. The first-order chi connectivity index (χ1) is 17.9. The van der Waals surface area contributed by atoms with Crippen molar-refractivity contribution in [2.45, 2.75) is 83.6 Å². The number of aliphatic carboxylic acids is 1. The minimum atomic E-state index is -4.10. The van der Waals surface area contributed by atoms with Gasteiger partial charge in [-0.2, -0.15) is 13.0 Å². The highest BCUT2D eigenvalue weighted by Gasteiger charge is 2.53. The molecule has 0 bridgehead atoms. The van der Waals surface area contributed by atoms with Gasteiger partial charge in [0, 0.05) is 42.3 Å². The molecular weight excluding hydrogens is 508 g/mol. The molecule has 1 saturated heterocycles. The Morgan fingerprint density at radius 1 is 1.21 bits per heavy atom. The quantitative estimate of drug-likeness (QED) is 0.183. The molecule has 0 aromatic carbocycles. The van der Waals surface area contributed by atoms with E-state index in [2.05, 4.69) is 24.8 Å². The first-order valence-electron chi connectivity index (χ1n) is 13.4. The third-order valence-electron chi connectivity index (χ3n) is 8.12. The highest BCUT2D eigenvalue weighted by atomic mass is 32.2. The average Bonchev–Trinajstić information content (AvgIpc) is 3.08. The molecule has 2 heterocycles. The highest BCUT2D eigenvalue weighted by molar-refractivity contribution is 7.86. The lowest BCUT2D eigenvalue weighted by Crippen LogP contribution is -2.41. The SMILES string of the molecule is CC[n+]1cc(C(=O)OC)ccc1/C=C/C=C1/N(CCCCCC(=O)O)C2CCC(S(=O)(=O)O)CC2C1(C)C. The van der Waals surface area contributed by atoms with Gasteiger partial charge < -0.3 is 14.7 Å². The molecule has 2 N–H and O–H groups in total. The van der Waals surface area contributed by atoms with E-state index in [4.69, 9.17) is 9.84 Å². The van der Waals surface area contributed by atoms with E-state index < -0.39 is 21.3 Å². The predicted molar refractivity (Wildman–Crippen MR) is 144 cm³/mol. The van der Waals surface area contributed by atoms with E-state index in [9.17, 15) is 22.6 Å². The van der Waals surface area contributed by atoms with Gasteiger partial charge in [-0.15, -0.1) is 0 Å². The number of aryl methyl sites for hydroxylation is 1. The molecule has 2 fully saturated rings. The second-order valence-corrected chi connectivity index (χ2v) is 12.5. The van der Waals surface area contributed by atoms with Crippen LogP contribution in [0, 0.1) is 11.3 Å². The first kappa shape index (κ1) is 29.8. The molecule has 3 atom stereocenters. The topological polar surface area (TPSA) is 125 Å². The van der Waals surface area contributed by atoms with Crippen LogP contribution in [-0.4, -0.2) is 59.9 Å².